The van der Waals surface area contributed by atoms with Crippen molar-refractivity contribution in [3.05, 3.63) is 59.4 Å². The van der Waals surface area contributed by atoms with Crippen LogP contribution in [0, 0.1) is 0 Å². The van der Waals surface area contributed by atoms with Gasteiger partial charge in [0.25, 0.3) is 0 Å². The summed E-state index contributed by atoms with van der Waals surface area (Å²) in [6.07, 6.45) is 3.84. The smallest absolute Gasteiger partial charge is 0.303 e. The van der Waals surface area contributed by atoms with E-state index in [-0.39, 0.29) is 6.42 Å². The molecule has 0 aliphatic rings. The Hall–Kier alpha value is -2.40. The molecule has 0 fully saturated rings. The number of unbranched alkanes of at least 4 members (excludes halogenated alkanes) is 1. The molecule has 0 saturated heterocycles. The molecule has 1 aromatic heterocycles. The summed E-state index contributed by atoms with van der Waals surface area (Å²) in [5, 5.41) is 13.7. The Morgan fingerprint density at radius 1 is 1.13 bits per heavy atom. The van der Waals surface area contributed by atoms with Gasteiger partial charge < -0.3 is 5.11 Å². The minimum atomic E-state index is -0.782. The molecule has 0 saturated carbocycles. The van der Waals surface area contributed by atoms with Gasteiger partial charge in [0, 0.05) is 12.6 Å². The molecule has 23 heavy (non-hydrogen) atoms. The number of aromatic nitrogens is 1. The summed E-state index contributed by atoms with van der Waals surface area (Å²) >= 11 is 6.10. The number of nitrogens with zero attached hydrogens (tertiary/aromatic N) is 2. The fraction of sp³-hybridized carbons (Fsp3) is 0.235. The molecule has 0 unspecified atom stereocenters. The van der Waals surface area contributed by atoms with E-state index in [0.29, 0.717) is 23.6 Å². The van der Waals surface area contributed by atoms with Crippen molar-refractivity contribution >= 4 is 29.0 Å². The van der Waals surface area contributed by atoms with Gasteiger partial charge in [0.2, 0.25) is 0 Å². The summed E-state index contributed by atoms with van der Waals surface area (Å²) in [6.45, 7) is 0. The predicted molar refractivity (Wildman–Crippen MR) is 92.0 cm³/mol. The molecule has 1 heterocycles. The van der Waals surface area contributed by atoms with Gasteiger partial charge in [-0.15, -0.1) is 0 Å². The van der Waals surface area contributed by atoms with E-state index < -0.39 is 5.97 Å². The van der Waals surface area contributed by atoms with Crippen LogP contribution in [0.5, 0.6) is 0 Å². The summed E-state index contributed by atoms with van der Waals surface area (Å²) < 4.78 is 0. The van der Waals surface area contributed by atoms with Gasteiger partial charge in [0.15, 0.2) is 0 Å². The second kappa shape index (κ2) is 8.90. The maximum Gasteiger partial charge on any atom is 0.303 e. The highest BCUT2D eigenvalue weighted by molar-refractivity contribution is 6.33. The quantitative estimate of drug-likeness (QED) is 0.432. The fourth-order valence-electron chi connectivity index (χ4n) is 2.02. The molecule has 0 bridgehead atoms. The van der Waals surface area contributed by atoms with Gasteiger partial charge in [0.1, 0.15) is 0 Å². The average Bonchev–Trinajstić information content (AvgIpc) is 2.56. The highest BCUT2D eigenvalue weighted by atomic mass is 35.5. The first-order chi connectivity index (χ1) is 11.2. The molecule has 5 nitrogen and oxygen atoms in total. The first kappa shape index (κ1) is 17.0. The Morgan fingerprint density at radius 2 is 1.87 bits per heavy atom. The zero-order valence-corrected chi connectivity index (χ0v) is 13.3. The van der Waals surface area contributed by atoms with Crippen LogP contribution in [0.2, 0.25) is 5.02 Å². The molecule has 1 aromatic carbocycles. The summed E-state index contributed by atoms with van der Waals surface area (Å²) in [6, 6.07) is 13.0. The summed E-state index contributed by atoms with van der Waals surface area (Å²) in [4.78, 5) is 14.9. The number of nitrogens with one attached hydrogen (secondary N) is 1. The van der Waals surface area contributed by atoms with Gasteiger partial charge in [-0.3, -0.25) is 15.2 Å². The third kappa shape index (κ3) is 5.71. The first-order valence-electron chi connectivity index (χ1n) is 7.37. The number of carbonyl (C=O) groups is 1. The molecule has 0 spiro atoms. The topological polar surface area (TPSA) is 74.6 Å². The van der Waals surface area contributed by atoms with Crippen LogP contribution in [-0.4, -0.2) is 21.8 Å². The van der Waals surface area contributed by atoms with Crippen LogP contribution in [0.1, 0.15) is 31.4 Å². The van der Waals surface area contributed by atoms with E-state index in [2.05, 4.69) is 15.5 Å². The molecule has 2 aromatic rings. The van der Waals surface area contributed by atoms with Crippen LogP contribution in [-0.2, 0) is 4.79 Å². The molecule has 2 rings (SSSR count). The maximum atomic E-state index is 10.6. The number of hydrazone groups is 1. The number of carboxylic acid groups (broad SMARTS) is 1. The largest absolute Gasteiger partial charge is 0.481 e. The molecule has 2 N–H and O–H groups in total. The fourth-order valence-corrected chi connectivity index (χ4v) is 2.20. The lowest BCUT2D eigenvalue weighted by Crippen LogP contribution is -2.07. The van der Waals surface area contributed by atoms with Gasteiger partial charge in [-0.1, -0.05) is 29.8 Å². The molecule has 0 aliphatic heterocycles. The number of para-hydroxylation sites is 1. The molecule has 0 amide bonds. The van der Waals surface area contributed by atoms with Gasteiger partial charge in [-0.2, -0.15) is 5.10 Å². The first-order valence-corrected chi connectivity index (χ1v) is 7.75. The van der Waals surface area contributed by atoms with Crippen LogP contribution in [0.25, 0.3) is 0 Å². The molecule has 6 heteroatoms. The normalized spacial score (nSPS) is 11.3. The van der Waals surface area contributed by atoms with E-state index >= 15 is 0 Å². The third-order valence-corrected chi connectivity index (χ3v) is 3.53. The van der Waals surface area contributed by atoms with Crippen molar-refractivity contribution in [3.63, 3.8) is 0 Å². The Labute approximate surface area is 140 Å². The summed E-state index contributed by atoms with van der Waals surface area (Å²) in [7, 11) is 0. The highest BCUT2D eigenvalue weighted by Gasteiger charge is 2.07. The minimum absolute atomic E-state index is 0.160. The van der Waals surface area contributed by atoms with Crippen molar-refractivity contribution in [2.45, 2.75) is 25.7 Å². The van der Waals surface area contributed by atoms with E-state index in [9.17, 15) is 4.79 Å². The Bertz CT molecular complexity index is 675. The van der Waals surface area contributed by atoms with Crippen molar-refractivity contribution in [2.24, 2.45) is 5.10 Å². The predicted octanol–water partition coefficient (Wildman–Crippen LogP) is 4.20. The Balaban J connectivity index is 2.08. The molecule has 120 valence electrons. The standard InChI is InChI=1S/C17H18ClN3O2/c18-13-7-1-2-8-14(13)20-21-16(10-3-4-11-17(22)23)15-9-5-6-12-19-15/h1-2,5-9,12,20H,3-4,10-11H2,(H,22,23)/b21-16-. The summed E-state index contributed by atoms with van der Waals surface area (Å²) in [5.41, 5.74) is 5.22. The molecule has 0 atom stereocenters. The Kier molecular flexibility index (Phi) is 6.56. The minimum Gasteiger partial charge on any atom is -0.481 e. The van der Waals surface area contributed by atoms with Crippen LogP contribution >= 0.6 is 11.6 Å². The van der Waals surface area contributed by atoms with E-state index in [1.807, 2.05) is 36.4 Å². The second-order valence-corrected chi connectivity index (χ2v) is 5.37. The molecule has 0 radical (unpaired) electrons. The lowest BCUT2D eigenvalue weighted by Gasteiger charge is -2.08. The number of hydrogen-bond acceptors (Lipinski definition) is 4. The van der Waals surface area contributed by atoms with Crippen molar-refractivity contribution < 1.29 is 9.90 Å². The monoisotopic (exact) mass is 331 g/mol. The molecule has 0 aliphatic carbocycles. The van der Waals surface area contributed by atoms with Crippen molar-refractivity contribution in [2.75, 3.05) is 5.43 Å². The van der Waals surface area contributed by atoms with Crippen molar-refractivity contribution in [3.8, 4) is 0 Å². The number of carboxylic acids is 1. The van der Waals surface area contributed by atoms with Gasteiger partial charge in [0.05, 0.1) is 22.1 Å². The van der Waals surface area contributed by atoms with Crippen molar-refractivity contribution in [1.29, 1.82) is 0 Å². The van der Waals surface area contributed by atoms with Crippen LogP contribution in [0.4, 0.5) is 5.69 Å². The zero-order chi connectivity index (χ0) is 16.5. The lowest BCUT2D eigenvalue weighted by atomic mass is 10.1. The number of aliphatic carboxylic acids is 1. The van der Waals surface area contributed by atoms with E-state index in [0.717, 1.165) is 17.8 Å². The van der Waals surface area contributed by atoms with Gasteiger partial charge in [-0.05, 0) is 43.5 Å². The lowest BCUT2D eigenvalue weighted by molar-refractivity contribution is -0.137. The van der Waals surface area contributed by atoms with Gasteiger partial charge >= 0.3 is 5.97 Å². The van der Waals surface area contributed by atoms with Crippen LogP contribution in [0.3, 0.4) is 0 Å². The average molecular weight is 332 g/mol. The van der Waals surface area contributed by atoms with Gasteiger partial charge in [-0.25, -0.2) is 0 Å². The number of anilines is 1. The number of rotatable bonds is 8. The number of pyridine rings is 1. The zero-order valence-electron chi connectivity index (χ0n) is 12.6. The van der Waals surface area contributed by atoms with E-state index in [4.69, 9.17) is 16.7 Å². The molecular weight excluding hydrogens is 314 g/mol. The van der Waals surface area contributed by atoms with E-state index in [1.165, 1.54) is 0 Å². The van der Waals surface area contributed by atoms with Crippen LogP contribution in [0.15, 0.2) is 53.8 Å². The number of hydrogen-bond donors (Lipinski definition) is 2. The second-order valence-electron chi connectivity index (χ2n) is 4.97. The number of halogens is 1. The van der Waals surface area contributed by atoms with E-state index in [1.54, 1.807) is 12.3 Å². The SMILES string of the molecule is O=C(O)CCCC/C(=N/Nc1ccccc1Cl)c1ccccn1. The van der Waals surface area contributed by atoms with Crippen LogP contribution < -0.4 is 5.43 Å². The van der Waals surface area contributed by atoms with Crippen molar-refractivity contribution in [1.82, 2.24) is 4.98 Å². The maximum absolute atomic E-state index is 10.6. The summed E-state index contributed by atoms with van der Waals surface area (Å²) in [5.74, 6) is -0.782. The molecular formula is C17H18ClN3O2. The number of benzene rings is 1. The third-order valence-electron chi connectivity index (χ3n) is 3.20. The highest BCUT2D eigenvalue weighted by Crippen LogP contribution is 2.20. The Morgan fingerprint density at radius 3 is 2.57 bits per heavy atom.